The van der Waals surface area contributed by atoms with E-state index in [1.165, 1.54) is 0 Å². The Labute approximate surface area is 291 Å². The van der Waals surface area contributed by atoms with E-state index in [0.717, 1.165) is 45.2 Å². The minimum Gasteiger partial charge on any atom is -0.374 e. The first-order valence-corrected chi connectivity index (χ1v) is 19.5. The zero-order valence-electron chi connectivity index (χ0n) is 29.2. The third kappa shape index (κ3) is 9.22. The summed E-state index contributed by atoms with van der Waals surface area (Å²) in [6.07, 6.45) is 11.1. The second-order valence-corrected chi connectivity index (χ2v) is 17.0. The van der Waals surface area contributed by atoms with Crippen LogP contribution < -0.4 is 15.8 Å². The number of piperazine rings is 1. The van der Waals surface area contributed by atoms with Crippen LogP contribution in [0.1, 0.15) is 95.3 Å². The highest BCUT2D eigenvalue weighted by atomic mass is 32.2. The summed E-state index contributed by atoms with van der Waals surface area (Å²) >= 11 is 0. The van der Waals surface area contributed by atoms with Crippen molar-refractivity contribution in [1.82, 2.24) is 19.4 Å². The quantitative estimate of drug-likeness (QED) is 0.175. The Hall–Kier alpha value is -3.45. The molecule has 5 rings (SSSR count). The van der Waals surface area contributed by atoms with Gasteiger partial charge in [-0.1, -0.05) is 31.1 Å². The molecule has 2 heterocycles. The SMILES string of the molecule is CC(C)N1CCN(C(=O)c2cccc(NC(CCCCCC=CC3CC3C(=O)NS(=O)(=O)C3(C)CC3)C(=O)N3CCCC3C(N)=O)c2)CC1. The van der Waals surface area contributed by atoms with Crippen molar-refractivity contribution in [2.24, 2.45) is 17.6 Å². The molecule has 0 bridgehead atoms. The number of benzene rings is 1. The smallest absolute Gasteiger partial charge is 0.254 e. The van der Waals surface area contributed by atoms with Gasteiger partial charge in [0.25, 0.3) is 5.91 Å². The maximum Gasteiger partial charge on any atom is 0.254 e. The lowest BCUT2D eigenvalue weighted by Gasteiger charge is -2.37. The first-order valence-electron chi connectivity index (χ1n) is 18.0. The summed E-state index contributed by atoms with van der Waals surface area (Å²) in [6.45, 7) is 9.52. The fraction of sp³-hybridized carbons (Fsp3) is 0.667. The zero-order valence-corrected chi connectivity index (χ0v) is 30.1. The molecule has 2 aliphatic heterocycles. The molecule has 270 valence electrons. The van der Waals surface area contributed by atoms with Gasteiger partial charge in [-0.05, 0) is 96.3 Å². The van der Waals surface area contributed by atoms with E-state index in [0.29, 0.717) is 69.0 Å². The van der Waals surface area contributed by atoms with Gasteiger partial charge in [-0.2, -0.15) is 0 Å². The Morgan fingerprint density at radius 2 is 1.78 bits per heavy atom. The average Bonchev–Trinajstić information content (AvgIpc) is 3.98. The van der Waals surface area contributed by atoms with Gasteiger partial charge in [0.15, 0.2) is 0 Å². The fourth-order valence-electron chi connectivity index (χ4n) is 6.91. The maximum atomic E-state index is 13.8. The van der Waals surface area contributed by atoms with E-state index in [1.807, 2.05) is 35.2 Å². The van der Waals surface area contributed by atoms with Crippen molar-refractivity contribution in [2.45, 2.75) is 108 Å². The van der Waals surface area contributed by atoms with Crippen LogP contribution in [0.5, 0.6) is 0 Å². The number of hydrogen-bond donors (Lipinski definition) is 3. The van der Waals surface area contributed by atoms with Gasteiger partial charge in [0.1, 0.15) is 12.1 Å². The van der Waals surface area contributed by atoms with Gasteiger partial charge in [-0.25, -0.2) is 8.42 Å². The molecule has 12 nitrogen and oxygen atoms in total. The molecule has 1 aromatic rings. The largest absolute Gasteiger partial charge is 0.374 e. The van der Waals surface area contributed by atoms with Gasteiger partial charge in [0.2, 0.25) is 27.7 Å². The standard InChI is InChI=1S/C36H54N6O6S/c1-25(2)40-19-21-41(22-20-40)34(45)27-12-9-13-28(23-27)38-30(35(46)42-18-10-15-31(42)32(37)43)14-8-6-4-5-7-11-26-24-29(26)33(44)39-49(47,48)36(3)16-17-36/h7,9,11-13,23,25-26,29-31,38H,4-6,8,10,14-22,24H2,1-3H3,(H2,37,43)(H,39,44). The lowest BCUT2D eigenvalue weighted by atomic mass is 10.0. The monoisotopic (exact) mass is 698 g/mol. The van der Waals surface area contributed by atoms with Gasteiger partial charge < -0.3 is 20.9 Å². The van der Waals surface area contributed by atoms with Crippen LogP contribution in [0.3, 0.4) is 0 Å². The molecule has 1 aromatic carbocycles. The van der Waals surface area contributed by atoms with Crippen LogP contribution >= 0.6 is 0 Å². The number of amides is 4. The molecule has 2 saturated heterocycles. The van der Waals surface area contributed by atoms with Crippen molar-refractivity contribution in [3.63, 3.8) is 0 Å². The number of allylic oxidation sites excluding steroid dienone is 2. The number of anilines is 1. The number of sulfonamides is 1. The lowest BCUT2D eigenvalue weighted by molar-refractivity contribution is -0.138. The molecule has 2 saturated carbocycles. The second-order valence-electron chi connectivity index (χ2n) is 14.8. The van der Waals surface area contributed by atoms with E-state index in [9.17, 15) is 27.6 Å². The van der Waals surface area contributed by atoms with E-state index >= 15 is 0 Å². The predicted molar refractivity (Wildman–Crippen MR) is 189 cm³/mol. The van der Waals surface area contributed by atoms with Crippen LogP contribution in [0.2, 0.25) is 0 Å². The number of carbonyl (C=O) groups excluding carboxylic acids is 4. The number of carbonyl (C=O) groups is 4. The molecule has 2 aliphatic carbocycles. The molecule has 4 aliphatic rings. The number of primary amides is 1. The fourth-order valence-corrected chi connectivity index (χ4v) is 8.22. The minimum absolute atomic E-state index is 0.0212. The van der Waals surface area contributed by atoms with Crippen LogP contribution in [-0.4, -0.2) is 102 Å². The van der Waals surface area contributed by atoms with Crippen molar-refractivity contribution < 1.29 is 27.6 Å². The molecule has 4 N–H and O–H groups in total. The van der Waals surface area contributed by atoms with Crippen molar-refractivity contribution in [3.8, 4) is 0 Å². The Morgan fingerprint density at radius 3 is 2.45 bits per heavy atom. The summed E-state index contributed by atoms with van der Waals surface area (Å²) < 4.78 is 26.2. The van der Waals surface area contributed by atoms with Crippen molar-refractivity contribution in [3.05, 3.63) is 42.0 Å². The summed E-state index contributed by atoms with van der Waals surface area (Å²) in [5.74, 6) is -1.28. The van der Waals surface area contributed by atoms with Gasteiger partial charge in [0.05, 0.1) is 4.75 Å². The van der Waals surface area contributed by atoms with E-state index in [1.54, 1.807) is 11.8 Å². The second kappa shape index (κ2) is 15.6. The van der Waals surface area contributed by atoms with Crippen molar-refractivity contribution >= 4 is 39.3 Å². The summed E-state index contributed by atoms with van der Waals surface area (Å²) in [5, 5.41) is 3.39. The molecule has 0 aromatic heterocycles. The number of unbranched alkanes of at least 4 members (excludes halogenated alkanes) is 3. The third-order valence-electron chi connectivity index (χ3n) is 10.7. The molecule has 0 spiro atoms. The van der Waals surface area contributed by atoms with Crippen LogP contribution in [0, 0.1) is 11.8 Å². The Morgan fingerprint density at radius 1 is 1.04 bits per heavy atom. The topological polar surface area (TPSA) is 162 Å². The van der Waals surface area contributed by atoms with E-state index in [2.05, 4.69) is 34.9 Å². The molecule has 4 unspecified atom stereocenters. The van der Waals surface area contributed by atoms with Gasteiger partial charge in [0, 0.05) is 55.9 Å². The molecule has 0 radical (unpaired) electrons. The van der Waals surface area contributed by atoms with E-state index in [-0.39, 0.29) is 23.7 Å². The highest BCUT2D eigenvalue weighted by molar-refractivity contribution is 7.91. The number of nitrogens with one attached hydrogen (secondary N) is 2. The molecular formula is C36H54N6O6S. The summed E-state index contributed by atoms with van der Waals surface area (Å²) in [6, 6.07) is 6.58. The van der Waals surface area contributed by atoms with Crippen LogP contribution in [0.25, 0.3) is 0 Å². The number of nitrogens with two attached hydrogens (primary N) is 1. The Kier molecular flexibility index (Phi) is 11.7. The first kappa shape index (κ1) is 36.8. The van der Waals surface area contributed by atoms with Gasteiger partial charge >= 0.3 is 0 Å². The van der Waals surface area contributed by atoms with Crippen molar-refractivity contribution in [2.75, 3.05) is 38.0 Å². The van der Waals surface area contributed by atoms with Gasteiger partial charge in [-0.3, -0.25) is 28.8 Å². The maximum absolute atomic E-state index is 13.8. The van der Waals surface area contributed by atoms with Crippen LogP contribution in [-0.2, 0) is 24.4 Å². The number of rotatable bonds is 16. The average molecular weight is 699 g/mol. The molecule has 4 amide bonds. The predicted octanol–water partition coefficient (Wildman–Crippen LogP) is 3.25. The third-order valence-corrected chi connectivity index (χ3v) is 12.9. The van der Waals surface area contributed by atoms with Crippen LogP contribution in [0.4, 0.5) is 5.69 Å². The lowest BCUT2D eigenvalue weighted by Crippen LogP contribution is -2.50. The van der Waals surface area contributed by atoms with Crippen molar-refractivity contribution in [1.29, 1.82) is 0 Å². The minimum atomic E-state index is -3.61. The molecule has 4 atom stereocenters. The molecule has 4 fully saturated rings. The van der Waals surface area contributed by atoms with Gasteiger partial charge in [-0.15, -0.1) is 0 Å². The summed E-state index contributed by atoms with van der Waals surface area (Å²) in [7, 11) is -3.61. The first-order chi connectivity index (χ1) is 23.3. The summed E-state index contributed by atoms with van der Waals surface area (Å²) in [5.41, 5.74) is 6.90. The zero-order chi connectivity index (χ0) is 35.3. The van der Waals surface area contributed by atoms with E-state index in [4.69, 9.17) is 5.73 Å². The van der Waals surface area contributed by atoms with Crippen LogP contribution in [0.15, 0.2) is 36.4 Å². The molecule has 49 heavy (non-hydrogen) atoms. The normalized spacial score (nSPS) is 24.2. The number of hydrogen-bond acceptors (Lipinski definition) is 8. The highest BCUT2D eigenvalue weighted by Gasteiger charge is 2.52. The highest BCUT2D eigenvalue weighted by Crippen LogP contribution is 2.44. The molecular weight excluding hydrogens is 644 g/mol. The Balaban J connectivity index is 1.12. The summed E-state index contributed by atoms with van der Waals surface area (Å²) in [4.78, 5) is 57.5. The van der Waals surface area contributed by atoms with E-state index < -0.39 is 38.7 Å². The molecule has 13 heteroatoms. The number of likely N-dealkylation sites (tertiary alicyclic amines) is 1. The Bertz CT molecular complexity index is 1520. The number of nitrogens with zero attached hydrogens (tertiary/aromatic N) is 3.